The maximum Gasteiger partial charge on any atom is 0.249 e. The molecule has 7 nitrogen and oxygen atoms in total. The highest BCUT2D eigenvalue weighted by Gasteiger charge is 2.48. The zero-order valence-electron chi connectivity index (χ0n) is 25.0. The SMILES string of the molecule is CCCN(CCC)C(=O)C1=CC(C)=CC(C(N)=O)([C@H](Cc2cc(F)cc(F)c2)[C@@H](O)CNCc2cccc(OC)c2)C1. The second-order valence-corrected chi connectivity index (χ2v) is 11.1. The number of hydrogen-bond acceptors (Lipinski definition) is 5. The minimum Gasteiger partial charge on any atom is -0.497 e. The number of allylic oxidation sites excluding steroid dienone is 2. The molecule has 2 aromatic rings. The van der Waals surface area contributed by atoms with Gasteiger partial charge in [-0.15, -0.1) is 0 Å². The number of nitrogens with zero attached hydrogens (tertiary/aromatic N) is 1. The summed E-state index contributed by atoms with van der Waals surface area (Å²) in [6.45, 7) is 7.37. The van der Waals surface area contributed by atoms with Crippen molar-refractivity contribution in [3.63, 3.8) is 0 Å². The van der Waals surface area contributed by atoms with Crippen LogP contribution in [0.3, 0.4) is 0 Å². The molecule has 2 aromatic carbocycles. The second-order valence-electron chi connectivity index (χ2n) is 11.1. The number of ether oxygens (including phenoxy) is 1. The van der Waals surface area contributed by atoms with Gasteiger partial charge >= 0.3 is 0 Å². The Balaban J connectivity index is 1.98. The first kappa shape index (κ1) is 32.9. The van der Waals surface area contributed by atoms with E-state index in [1.165, 1.54) is 12.1 Å². The summed E-state index contributed by atoms with van der Waals surface area (Å²) in [5, 5.41) is 14.8. The Bertz CT molecular complexity index is 1290. The maximum atomic E-state index is 14.2. The predicted octanol–water partition coefficient (Wildman–Crippen LogP) is 4.68. The van der Waals surface area contributed by atoms with E-state index in [4.69, 9.17) is 10.5 Å². The van der Waals surface area contributed by atoms with Crippen molar-refractivity contribution in [3.05, 3.63) is 88.5 Å². The molecule has 0 aromatic heterocycles. The fraction of sp³-hybridized carbons (Fsp3) is 0.455. The van der Waals surface area contributed by atoms with Crippen molar-refractivity contribution >= 4 is 11.8 Å². The van der Waals surface area contributed by atoms with Gasteiger partial charge in [0.2, 0.25) is 11.8 Å². The van der Waals surface area contributed by atoms with Crippen molar-refractivity contribution in [2.24, 2.45) is 17.1 Å². The van der Waals surface area contributed by atoms with Gasteiger partial charge in [-0.05, 0) is 68.0 Å². The van der Waals surface area contributed by atoms with Crippen molar-refractivity contribution in [2.45, 2.75) is 59.1 Å². The monoisotopic (exact) mass is 583 g/mol. The van der Waals surface area contributed by atoms with Crippen LogP contribution in [0.4, 0.5) is 8.78 Å². The Hall–Kier alpha value is -3.56. The summed E-state index contributed by atoms with van der Waals surface area (Å²) in [6.07, 6.45) is 3.78. The molecule has 0 spiro atoms. The fourth-order valence-corrected chi connectivity index (χ4v) is 5.85. The number of carbonyl (C=O) groups excluding carboxylic acids is 2. The zero-order chi connectivity index (χ0) is 30.9. The van der Waals surface area contributed by atoms with E-state index in [0.29, 0.717) is 36.5 Å². The summed E-state index contributed by atoms with van der Waals surface area (Å²) < 4.78 is 33.7. The number of halogens is 2. The molecule has 1 unspecified atom stereocenters. The van der Waals surface area contributed by atoms with E-state index in [9.17, 15) is 23.5 Å². The van der Waals surface area contributed by atoms with Crippen molar-refractivity contribution in [3.8, 4) is 5.75 Å². The number of aliphatic hydroxyl groups is 1. The minimum atomic E-state index is -1.48. The highest BCUT2D eigenvalue weighted by atomic mass is 19.1. The van der Waals surface area contributed by atoms with Gasteiger partial charge in [-0.1, -0.05) is 43.7 Å². The minimum absolute atomic E-state index is 0.0299. The number of primary amides is 1. The van der Waals surface area contributed by atoms with Crippen LogP contribution in [0.5, 0.6) is 5.75 Å². The molecule has 0 heterocycles. The van der Waals surface area contributed by atoms with Gasteiger partial charge in [0, 0.05) is 43.7 Å². The van der Waals surface area contributed by atoms with E-state index in [1.54, 1.807) is 31.1 Å². The van der Waals surface area contributed by atoms with Crippen LogP contribution in [0.1, 0.15) is 51.2 Å². The summed E-state index contributed by atoms with van der Waals surface area (Å²) in [5.74, 6) is -2.62. The van der Waals surface area contributed by atoms with Crippen LogP contribution in [-0.2, 0) is 22.6 Å². The number of rotatable bonds is 15. The maximum absolute atomic E-state index is 14.2. The molecule has 0 aliphatic heterocycles. The predicted molar refractivity (Wildman–Crippen MR) is 160 cm³/mol. The van der Waals surface area contributed by atoms with E-state index in [1.807, 2.05) is 38.1 Å². The average Bonchev–Trinajstić information content (AvgIpc) is 2.94. The second kappa shape index (κ2) is 15.1. The Kier molecular flexibility index (Phi) is 11.8. The molecular formula is C33H43F2N3O4. The molecule has 42 heavy (non-hydrogen) atoms. The molecule has 4 N–H and O–H groups in total. The quantitative estimate of drug-likeness (QED) is 0.283. The Morgan fingerprint density at radius 2 is 1.76 bits per heavy atom. The molecule has 0 saturated carbocycles. The summed E-state index contributed by atoms with van der Waals surface area (Å²) in [4.78, 5) is 28.8. The first-order valence-corrected chi connectivity index (χ1v) is 14.5. The Labute approximate surface area is 247 Å². The van der Waals surface area contributed by atoms with Crippen molar-refractivity contribution < 1.29 is 28.2 Å². The van der Waals surface area contributed by atoms with E-state index in [2.05, 4.69) is 5.32 Å². The van der Waals surface area contributed by atoms with E-state index in [0.717, 1.165) is 24.5 Å². The fourth-order valence-electron chi connectivity index (χ4n) is 5.85. The molecule has 0 radical (unpaired) electrons. The highest BCUT2D eigenvalue weighted by Crippen LogP contribution is 2.44. The number of carbonyl (C=O) groups is 2. The third-order valence-electron chi connectivity index (χ3n) is 7.70. The van der Waals surface area contributed by atoms with Crippen LogP contribution in [-0.4, -0.2) is 54.7 Å². The van der Waals surface area contributed by atoms with Crippen molar-refractivity contribution in [1.29, 1.82) is 0 Å². The molecule has 3 rings (SSSR count). The lowest BCUT2D eigenvalue weighted by Crippen LogP contribution is -2.51. The van der Waals surface area contributed by atoms with Crippen LogP contribution < -0.4 is 15.8 Å². The van der Waals surface area contributed by atoms with Gasteiger partial charge in [0.05, 0.1) is 18.6 Å². The summed E-state index contributed by atoms with van der Waals surface area (Å²) in [5.41, 5.74) is 6.89. The van der Waals surface area contributed by atoms with Gasteiger partial charge < -0.3 is 25.8 Å². The van der Waals surface area contributed by atoms with Gasteiger partial charge in [0.1, 0.15) is 17.4 Å². The normalized spacial score (nSPS) is 18.1. The zero-order valence-corrected chi connectivity index (χ0v) is 25.0. The van der Waals surface area contributed by atoms with Crippen LogP contribution in [0.15, 0.2) is 65.8 Å². The third kappa shape index (κ3) is 8.26. The Morgan fingerprint density at radius 3 is 2.36 bits per heavy atom. The van der Waals surface area contributed by atoms with Gasteiger partial charge in [0.15, 0.2) is 0 Å². The smallest absolute Gasteiger partial charge is 0.249 e. The molecule has 2 amide bonds. The number of methoxy groups -OCH3 is 1. The number of nitrogens with two attached hydrogens (primary N) is 1. The summed E-state index contributed by atoms with van der Waals surface area (Å²) in [6, 6.07) is 10.6. The van der Waals surface area contributed by atoms with E-state index < -0.39 is 35.0 Å². The van der Waals surface area contributed by atoms with Gasteiger partial charge in [0.25, 0.3) is 0 Å². The number of amides is 2. The van der Waals surface area contributed by atoms with Crippen LogP contribution in [0, 0.1) is 23.0 Å². The van der Waals surface area contributed by atoms with Crippen LogP contribution >= 0.6 is 0 Å². The third-order valence-corrected chi connectivity index (χ3v) is 7.70. The topological polar surface area (TPSA) is 105 Å². The molecule has 0 bridgehead atoms. The first-order valence-electron chi connectivity index (χ1n) is 14.5. The lowest BCUT2D eigenvalue weighted by Gasteiger charge is -2.42. The Morgan fingerprint density at radius 1 is 1.10 bits per heavy atom. The first-order chi connectivity index (χ1) is 20.0. The number of nitrogens with one attached hydrogen (secondary N) is 1. The summed E-state index contributed by atoms with van der Waals surface area (Å²) >= 11 is 0. The average molecular weight is 584 g/mol. The van der Waals surface area contributed by atoms with Crippen molar-refractivity contribution in [2.75, 3.05) is 26.7 Å². The molecule has 0 saturated heterocycles. The standard InChI is InChI=1S/C33H43F2N3O4/c1-5-10-38(11-6-2)31(40)25-12-22(3)18-33(19-25,32(36)41)29(16-24-13-26(34)17-27(35)14-24)30(39)21-37-20-23-8-7-9-28(15-23)42-4/h7-9,12-15,17-18,29-30,37,39H,5-6,10-11,16,19-21H2,1-4H3,(H2,36,41)/t29-,30+,33?/m1/s1. The molecule has 228 valence electrons. The molecular weight excluding hydrogens is 540 g/mol. The van der Waals surface area contributed by atoms with Gasteiger partial charge in [-0.25, -0.2) is 8.78 Å². The number of aliphatic hydroxyl groups excluding tert-OH is 1. The molecule has 1 aliphatic rings. The van der Waals surface area contributed by atoms with Crippen molar-refractivity contribution in [1.82, 2.24) is 10.2 Å². The largest absolute Gasteiger partial charge is 0.497 e. The molecule has 9 heteroatoms. The number of hydrogen-bond donors (Lipinski definition) is 3. The van der Waals surface area contributed by atoms with Crippen LogP contribution in [0.2, 0.25) is 0 Å². The highest BCUT2D eigenvalue weighted by molar-refractivity contribution is 5.96. The van der Waals surface area contributed by atoms with Gasteiger partial charge in [-0.2, -0.15) is 0 Å². The van der Waals surface area contributed by atoms with E-state index >= 15 is 0 Å². The number of benzene rings is 2. The summed E-state index contributed by atoms with van der Waals surface area (Å²) in [7, 11) is 1.58. The molecule has 0 fully saturated rings. The molecule has 3 atom stereocenters. The lowest BCUT2D eigenvalue weighted by atomic mass is 9.63. The molecule has 1 aliphatic carbocycles. The van der Waals surface area contributed by atoms with Gasteiger partial charge in [-0.3, -0.25) is 9.59 Å². The van der Waals surface area contributed by atoms with Crippen LogP contribution in [0.25, 0.3) is 0 Å². The van der Waals surface area contributed by atoms with E-state index in [-0.39, 0.29) is 30.9 Å². The lowest BCUT2D eigenvalue weighted by molar-refractivity contribution is -0.132.